The number of para-hydroxylation sites is 1. The van der Waals surface area contributed by atoms with Crippen molar-refractivity contribution in [2.45, 2.75) is 18.8 Å². The molecule has 1 amide bonds. The van der Waals surface area contributed by atoms with Crippen molar-refractivity contribution in [3.63, 3.8) is 0 Å². The number of benzene rings is 2. The van der Waals surface area contributed by atoms with E-state index < -0.39 is 11.8 Å². The first-order valence-electron chi connectivity index (χ1n) is 8.62. The van der Waals surface area contributed by atoms with Crippen LogP contribution in [0.5, 0.6) is 0 Å². The van der Waals surface area contributed by atoms with Gasteiger partial charge in [-0.2, -0.15) is 0 Å². The number of thiazole rings is 1. The van der Waals surface area contributed by atoms with Gasteiger partial charge in [0.05, 0.1) is 16.1 Å². The van der Waals surface area contributed by atoms with Gasteiger partial charge in [0.1, 0.15) is 10.9 Å². The van der Waals surface area contributed by atoms with Crippen molar-refractivity contribution < 1.29 is 9.72 Å². The smallest absolute Gasteiger partial charge is 0.232 e. The van der Waals surface area contributed by atoms with Gasteiger partial charge in [0.15, 0.2) is 0 Å². The maximum atomic E-state index is 13.1. The van der Waals surface area contributed by atoms with Gasteiger partial charge in [-0.15, -0.1) is 11.3 Å². The minimum atomic E-state index is -0.703. The number of likely N-dealkylation sites (N-methyl/N-ethyl adjacent to an activating group) is 1. The van der Waals surface area contributed by atoms with E-state index in [2.05, 4.69) is 4.98 Å². The third kappa shape index (κ3) is 4.14. The van der Waals surface area contributed by atoms with Gasteiger partial charge in [0, 0.05) is 19.0 Å². The molecule has 140 valence electrons. The highest BCUT2D eigenvalue weighted by molar-refractivity contribution is 7.18. The number of aromatic nitrogens is 1. The normalized spacial score (nSPS) is 13.3. The lowest BCUT2D eigenvalue weighted by atomic mass is 9.85. The lowest BCUT2D eigenvalue weighted by molar-refractivity contribution is -0.483. The maximum absolute atomic E-state index is 13.1. The van der Waals surface area contributed by atoms with Crippen molar-refractivity contribution in [1.82, 2.24) is 9.88 Å². The van der Waals surface area contributed by atoms with Gasteiger partial charge < -0.3 is 4.90 Å². The maximum Gasteiger partial charge on any atom is 0.232 e. The number of nitrogens with zero attached hydrogens (tertiary/aromatic N) is 3. The van der Waals surface area contributed by atoms with E-state index in [9.17, 15) is 14.9 Å². The van der Waals surface area contributed by atoms with Crippen LogP contribution in [0.2, 0.25) is 0 Å². The van der Waals surface area contributed by atoms with Crippen molar-refractivity contribution in [1.29, 1.82) is 0 Å². The van der Waals surface area contributed by atoms with Crippen molar-refractivity contribution >= 4 is 27.5 Å². The number of hydrogen-bond donors (Lipinski definition) is 0. The van der Waals surface area contributed by atoms with Crippen LogP contribution in [-0.4, -0.2) is 41.4 Å². The Balaban J connectivity index is 2.14. The summed E-state index contributed by atoms with van der Waals surface area (Å²) in [4.78, 5) is 30.2. The third-order valence-corrected chi connectivity index (χ3v) is 5.66. The van der Waals surface area contributed by atoms with Crippen molar-refractivity contribution in [3.8, 4) is 0 Å². The molecule has 0 N–H and O–H groups in total. The summed E-state index contributed by atoms with van der Waals surface area (Å²) >= 11 is 1.42. The Morgan fingerprint density at radius 3 is 2.44 bits per heavy atom. The topological polar surface area (TPSA) is 76.3 Å². The van der Waals surface area contributed by atoms with Crippen LogP contribution in [0.15, 0.2) is 48.5 Å². The van der Waals surface area contributed by atoms with E-state index in [4.69, 9.17) is 0 Å². The highest BCUT2D eigenvalue weighted by Crippen LogP contribution is 2.38. The van der Waals surface area contributed by atoms with Crippen LogP contribution >= 0.6 is 11.3 Å². The summed E-state index contributed by atoms with van der Waals surface area (Å²) in [7, 11) is 3.34. The molecule has 0 fully saturated rings. The largest absolute Gasteiger partial charge is 0.348 e. The van der Waals surface area contributed by atoms with Gasteiger partial charge in [-0.25, -0.2) is 4.98 Å². The molecule has 1 aromatic heterocycles. The number of nitro groups is 1. The molecular weight excluding hydrogens is 362 g/mol. The second-order valence-corrected chi connectivity index (χ2v) is 7.82. The van der Waals surface area contributed by atoms with E-state index in [1.165, 1.54) is 16.2 Å². The third-order valence-electron chi connectivity index (χ3n) is 4.54. The van der Waals surface area contributed by atoms with Gasteiger partial charge in [-0.05, 0) is 24.6 Å². The molecule has 0 aliphatic carbocycles. The summed E-state index contributed by atoms with van der Waals surface area (Å²) in [6, 6.07) is 15.2. The number of carbonyl (C=O) groups is 1. The second-order valence-electron chi connectivity index (χ2n) is 6.76. The molecule has 0 unspecified atom stereocenters. The molecule has 0 spiro atoms. The van der Waals surface area contributed by atoms with Gasteiger partial charge in [0.2, 0.25) is 12.5 Å². The molecule has 3 rings (SSSR count). The first-order chi connectivity index (χ1) is 12.9. The highest BCUT2D eigenvalue weighted by atomic mass is 32.1. The van der Waals surface area contributed by atoms with Crippen molar-refractivity contribution in [3.05, 3.63) is 74.8 Å². The molecule has 0 aliphatic rings. The van der Waals surface area contributed by atoms with Crippen LogP contribution in [0.4, 0.5) is 0 Å². The number of fused-ring (bicyclic) bond motifs is 1. The lowest BCUT2D eigenvalue weighted by Gasteiger charge is -2.25. The lowest BCUT2D eigenvalue weighted by Crippen LogP contribution is -2.34. The van der Waals surface area contributed by atoms with Crippen LogP contribution in [0.25, 0.3) is 10.2 Å². The number of aryl methyl sites for hydroxylation is 1. The summed E-state index contributed by atoms with van der Waals surface area (Å²) < 4.78 is 0.966. The summed E-state index contributed by atoms with van der Waals surface area (Å²) in [5.41, 5.74) is 2.64. The Morgan fingerprint density at radius 2 is 1.85 bits per heavy atom. The van der Waals surface area contributed by atoms with E-state index in [0.29, 0.717) is 5.01 Å². The zero-order chi connectivity index (χ0) is 19.6. The molecule has 1 heterocycles. The minimum absolute atomic E-state index is 0.179. The van der Waals surface area contributed by atoms with Crippen LogP contribution in [-0.2, 0) is 4.79 Å². The summed E-state index contributed by atoms with van der Waals surface area (Å²) in [6.45, 7) is 1.63. The van der Waals surface area contributed by atoms with Crippen LogP contribution in [0, 0.1) is 17.0 Å². The molecule has 0 radical (unpaired) electrons. The van der Waals surface area contributed by atoms with E-state index in [1.54, 1.807) is 14.1 Å². The highest BCUT2D eigenvalue weighted by Gasteiger charge is 2.37. The summed E-state index contributed by atoms with van der Waals surface area (Å²) in [5, 5.41) is 12.0. The predicted octanol–water partition coefficient (Wildman–Crippen LogP) is 3.84. The fraction of sp³-hybridized carbons (Fsp3) is 0.300. The fourth-order valence-corrected chi connectivity index (χ4v) is 4.25. The number of rotatable bonds is 6. The summed E-state index contributed by atoms with van der Waals surface area (Å²) in [5.74, 6) is -1.47. The molecule has 0 saturated carbocycles. The first-order valence-corrected chi connectivity index (χ1v) is 9.43. The molecule has 3 aromatic rings. The van der Waals surface area contributed by atoms with Gasteiger partial charge in [-0.3, -0.25) is 14.9 Å². The average Bonchev–Trinajstić information content (AvgIpc) is 3.05. The molecule has 7 heteroatoms. The SMILES string of the molecule is Cc1ccc([C@H](C[N+](=O)[O-])[C@@H](C(=O)N(C)C)c2nc3ccccc3s2)cc1. The quantitative estimate of drug-likeness (QED) is 0.479. The van der Waals surface area contributed by atoms with Gasteiger partial charge in [-0.1, -0.05) is 42.0 Å². The van der Waals surface area contributed by atoms with Crippen LogP contribution in [0.3, 0.4) is 0 Å². The zero-order valence-corrected chi connectivity index (χ0v) is 16.3. The Bertz CT molecular complexity index is 933. The van der Waals surface area contributed by atoms with Crippen molar-refractivity contribution in [2.24, 2.45) is 0 Å². The summed E-state index contributed by atoms with van der Waals surface area (Å²) in [6.07, 6.45) is 0. The zero-order valence-electron chi connectivity index (χ0n) is 15.5. The van der Waals surface area contributed by atoms with Crippen LogP contribution in [0.1, 0.15) is 28.0 Å². The van der Waals surface area contributed by atoms with E-state index in [1.807, 2.05) is 55.5 Å². The first kappa shape index (κ1) is 19.0. The number of carbonyl (C=O) groups excluding carboxylic acids is 1. The standard InChI is InChI=1S/C20H21N3O3S/c1-13-8-10-14(11-9-13)15(12-23(25)26)18(20(24)22(2)3)19-21-16-6-4-5-7-17(16)27-19/h4-11,15,18H,12H2,1-3H3/t15-,18+/m0/s1. The Labute approximate surface area is 161 Å². The number of amides is 1. The minimum Gasteiger partial charge on any atom is -0.348 e. The van der Waals surface area contributed by atoms with Crippen LogP contribution < -0.4 is 0 Å². The second kappa shape index (κ2) is 7.84. The Kier molecular flexibility index (Phi) is 5.51. The molecule has 27 heavy (non-hydrogen) atoms. The van der Waals surface area contributed by atoms with Crippen molar-refractivity contribution in [2.75, 3.05) is 20.6 Å². The molecule has 0 aliphatic heterocycles. The van der Waals surface area contributed by atoms with Gasteiger partial charge >= 0.3 is 0 Å². The Morgan fingerprint density at radius 1 is 1.19 bits per heavy atom. The molecule has 2 aromatic carbocycles. The molecule has 0 bridgehead atoms. The van der Waals surface area contributed by atoms with E-state index in [0.717, 1.165) is 21.3 Å². The molecular formula is C20H21N3O3S. The monoisotopic (exact) mass is 383 g/mol. The van der Waals surface area contributed by atoms with E-state index in [-0.39, 0.29) is 17.4 Å². The average molecular weight is 383 g/mol. The fourth-order valence-electron chi connectivity index (χ4n) is 3.13. The van der Waals surface area contributed by atoms with E-state index >= 15 is 0 Å². The van der Waals surface area contributed by atoms with Gasteiger partial charge in [0.25, 0.3) is 0 Å². The molecule has 0 saturated heterocycles. The predicted molar refractivity (Wildman–Crippen MR) is 107 cm³/mol. The molecule has 2 atom stereocenters. The Hall–Kier alpha value is -2.80. The molecule has 6 nitrogen and oxygen atoms in total. The number of hydrogen-bond acceptors (Lipinski definition) is 5.